The summed E-state index contributed by atoms with van der Waals surface area (Å²) in [5, 5.41) is 20.6. The second kappa shape index (κ2) is 9.38. The summed E-state index contributed by atoms with van der Waals surface area (Å²) in [5.74, 6) is 0.0365. The molecule has 0 spiro atoms. The number of methoxy groups -OCH3 is 1. The van der Waals surface area contributed by atoms with Gasteiger partial charge in [0.1, 0.15) is 5.75 Å². The van der Waals surface area contributed by atoms with E-state index in [1.165, 1.54) is 25.3 Å². The van der Waals surface area contributed by atoms with Crippen molar-refractivity contribution in [1.82, 2.24) is 5.32 Å². The molecule has 28 heavy (non-hydrogen) atoms. The van der Waals surface area contributed by atoms with Gasteiger partial charge < -0.3 is 20.3 Å². The summed E-state index contributed by atoms with van der Waals surface area (Å²) < 4.78 is 43.1. The lowest BCUT2D eigenvalue weighted by atomic mass is 10.1. The summed E-state index contributed by atoms with van der Waals surface area (Å²) in [6.45, 7) is -0.567. The Bertz CT molecular complexity index is 832. The van der Waals surface area contributed by atoms with Crippen molar-refractivity contribution in [3.63, 3.8) is 0 Å². The van der Waals surface area contributed by atoms with E-state index in [1.807, 2.05) is 0 Å². The highest BCUT2D eigenvalue weighted by molar-refractivity contribution is 5.95. The van der Waals surface area contributed by atoms with E-state index in [1.54, 1.807) is 24.3 Å². The second-order valence-electron chi connectivity index (χ2n) is 5.96. The minimum atomic E-state index is -4.39. The third-order valence-electron chi connectivity index (χ3n) is 3.89. The van der Waals surface area contributed by atoms with Gasteiger partial charge in [-0.05, 0) is 35.9 Å². The minimum absolute atomic E-state index is 0.0991. The lowest BCUT2D eigenvalue weighted by Gasteiger charge is -2.11. The molecule has 2 aromatic carbocycles. The number of carbonyl (C=O) groups excluding carboxylic acids is 1. The van der Waals surface area contributed by atoms with Crippen LogP contribution in [0.15, 0.2) is 42.5 Å². The maximum absolute atomic E-state index is 12.6. The molecule has 1 amide bonds. The Labute approximate surface area is 160 Å². The number of alkyl halides is 3. The van der Waals surface area contributed by atoms with Crippen molar-refractivity contribution in [2.75, 3.05) is 20.3 Å². The molecule has 0 aliphatic carbocycles. The largest absolute Gasteiger partial charge is 0.496 e. The van der Waals surface area contributed by atoms with Gasteiger partial charge in [-0.15, -0.1) is 0 Å². The Morgan fingerprint density at radius 2 is 1.86 bits per heavy atom. The fourth-order valence-electron chi connectivity index (χ4n) is 2.35. The van der Waals surface area contributed by atoms with E-state index in [0.29, 0.717) is 22.4 Å². The first-order valence-electron chi connectivity index (χ1n) is 8.35. The predicted octanol–water partition coefficient (Wildman–Crippen LogP) is 2.97. The quantitative estimate of drug-likeness (QED) is 0.630. The predicted molar refractivity (Wildman–Crippen MR) is 98.8 cm³/mol. The number of carbonyl (C=O) groups is 1. The van der Waals surface area contributed by atoms with Crippen molar-refractivity contribution >= 4 is 18.1 Å². The molecule has 0 aliphatic heterocycles. The fraction of sp³-hybridized carbons (Fsp3) is 0.250. The van der Waals surface area contributed by atoms with Gasteiger partial charge in [-0.3, -0.25) is 4.79 Å². The standard InChI is InChI=1S/C20H20F3NO4/c1-28-18-9-6-15(19(27)24-11-17(26)12-25)10-14(18)5-2-13-3-7-16(8-4-13)20(21,22)23/h2-10,17,25-26H,11-12H2,1H3,(H,24,27). The first-order valence-corrected chi connectivity index (χ1v) is 8.35. The number of rotatable bonds is 7. The van der Waals surface area contributed by atoms with Gasteiger partial charge in [0.25, 0.3) is 5.91 Å². The zero-order valence-corrected chi connectivity index (χ0v) is 15.0. The van der Waals surface area contributed by atoms with Crippen LogP contribution in [-0.4, -0.2) is 42.5 Å². The van der Waals surface area contributed by atoms with Crippen LogP contribution in [-0.2, 0) is 6.18 Å². The second-order valence-corrected chi connectivity index (χ2v) is 5.96. The molecule has 1 atom stereocenters. The normalized spacial score (nSPS) is 12.8. The zero-order valence-electron chi connectivity index (χ0n) is 15.0. The van der Waals surface area contributed by atoms with E-state index in [2.05, 4.69) is 5.32 Å². The number of ether oxygens (including phenoxy) is 1. The highest BCUT2D eigenvalue weighted by Crippen LogP contribution is 2.29. The monoisotopic (exact) mass is 395 g/mol. The van der Waals surface area contributed by atoms with E-state index >= 15 is 0 Å². The maximum Gasteiger partial charge on any atom is 0.416 e. The first kappa shape index (κ1) is 21.5. The van der Waals surface area contributed by atoms with Crippen LogP contribution >= 0.6 is 0 Å². The van der Waals surface area contributed by atoms with Crippen LogP contribution in [0.1, 0.15) is 27.0 Å². The van der Waals surface area contributed by atoms with E-state index in [-0.39, 0.29) is 6.54 Å². The minimum Gasteiger partial charge on any atom is -0.496 e. The number of aliphatic hydroxyl groups is 2. The van der Waals surface area contributed by atoms with Crippen LogP contribution in [0, 0.1) is 0 Å². The molecule has 1 unspecified atom stereocenters. The van der Waals surface area contributed by atoms with Crippen molar-refractivity contribution in [2.24, 2.45) is 0 Å². The van der Waals surface area contributed by atoms with Gasteiger partial charge in [-0.2, -0.15) is 13.2 Å². The molecule has 0 saturated carbocycles. The molecule has 2 aromatic rings. The number of aliphatic hydroxyl groups excluding tert-OH is 2. The summed E-state index contributed by atoms with van der Waals surface area (Å²) in [7, 11) is 1.46. The topological polar surface area (TPSA) is 78.8 Å². The van der Waals surface area contributed by atoms with Crippen LogP contribution in [0.25, 0.3) is 12.2 Å². The van der Waals surface area contributed by atoms with Gasteiger partial charge in [0.05, 0.1) is 25.4 Å². The summed E-state index contributed by atoms with van der Waals surface area (Å²) in [5.41, 5.74) is 0.678. The number of halogens is 3. The van der Waals surface area contributed by atoms with Crippen LogP contribution in [0.3, 0.4) is 0 Å². The highest BCUT2D eigenvalue weighted by atomic mass is 19.4. The molecule has 0 bridgehead atoms. The van der Waals surface area contributed by atoms with Crippen molar-refractivity contribution in [2.45, 2.75) is 12.3 Å². The number of hydrogen-bond donors (Lipinski definition) is 3. The SMILES string of the molecule is COc1ccc(C(=O)NCC(O)CO)cc1C=Cc1ccc(C(F)(F)F)cc1. The molecule has 5 nitrogen and oxygen atoms in total. The van der Waals surface area contributed by atoms with Gasteiger partial charge in [-0.1, -0.05) is 24.3 Å². The Kier molecular flexibility index (Phi) is 7.19. The van der Waals surface area contributed by atoms with Gasteiger partial charge in [-0.25, -0.2) is 0 Å². The Morgan fingerprint density at radius 3 is 2.43 bits per heavy atom. The summed E-state index contributed by atoms with van der Waals surface area (Å²) in [6.07, 6.45) is -2.21. The van der Waals surface area contributed by atoms with Crippen molar-refractivity contribution in [3.05, 3.63) is 64.7 Å². The van der Waals surface area contributed by atoms with Crippen molar-refractivity contribution in [3.8, 4) is 5.75 Å². The smallest absolute Gasteiger partial charge is 0.416 e. The fourth-order valence-corrected chi connectivity index (χ4v) is 2.35. The molecule has 0 aliphatic rings. The molecule has 2 rings (SSSR count). The molecule has 3 N–H and O–H groups in total. The molecular weight excluding hydrogens is 375 g/mol. The number of nitrogens with one attached hydrogen (secondary N) is 1. The average molecular weight is 395 g/mol. The average Bonchev–Trinajstić information content (AvgIpc) is 2.69. The van der Waals surface area contributed by atoms with E-state index < -0.39 is 30.4 Å². The molecule has 0 heterocycles. The molecular formula is C20H20F3NO4. The molecule has 0 radical (unpaired) electrons. The lowest BCUT2D eigenvalue weighted by molar-refractivity contribution is -0.137. The Hall–Kier alpha value is -2.84. The van der Waals surface area contributed by atoms with Gasteiger partial charge in [0, 0.05) is 17.7 Å². The highest BCUT2D eigenvalue weighted by Gasteiger charge is 2.29. The van der Waals surface area contributed by atoms with E-state index in [4.69, 9.17) is 9.84 Å². The van der Waals surface area contributed by atoms with Gasteiger partial charge in [0.2, 0.25) is 0 Å². The van der Waals surface area contributed by atoms with Crippen LogP contribution < -0.4 is 10.1 Å². The van der Waals surface area contributed by atoms with Gasteiger partial charge in [0.15, 0.2) is 0 Å². The maximum atomic E-state index is 12.6. The van der Waals surface area contributed by atoms with Gasteiger partial charge >= 0.3 is 6.18 Å². The number of hydrogen-bond acceptors (Lipinski definition) is 4. The zero-order chi connectivity index (χ0) is 20.7. The van der Waals surface area contributed by atoms with E-state index in [0.717, 1.165) is 12.1 Å². The lowest BCUT2D eigenvalue weighted by Crippen LogP contribution is -2.33. The van der Waals surface area contributed by atoms with Crippen LogP contribution in [0.4, 0.5) is 13.2 Å². The van der Waals surface area contributed by atoms with Crippen molar-refractivity contribution in [1.29, 1.82) is 0 Å². The van der Waals surface area contributed by atoms with Crippen LogP contribution in [0.5, 0.6) is 5.75 Å². The molecule has 8 heteroatoms. The molecule has 0 fully saturated rings. The summed E-state index contributed by atoms with van der Waals surface area (Å²) >= 11 is 0. The van der Waals surface area contributed by atoms with Crippen molar-refractivity contribution < 1.29 is 32.9 Å². The Balaban J connectivity index is 2.19. The van der Waals surface area contributed by atoms with Crippen LogP contribution in [0.2, 0.25) is 0 Å². The molecule has 0 saturated heterocycles. The molecule has 150 valence electrons. The summed E-state index contributed by atoms with van der Waals surface area (Å²) in [6, 6.07) is 9.36. The summed E-state index contributed by atoms with van der Waals surface area (Å²) in [4.78, 5) is 12.1. The molecule has 0 aromatic heterocycles. The van der Waals surface area contributed by atoms with E-state index in [9.17, 15) is 23.1 Å². The third kappa shape index (κ3) is 5.83. The third-order valence-corrected chi connectivity index (χ3v) is 3.89. The number of amides is 1. The first-order chi connectivity index (χ1) is 13.2. The Morgan fingerprint density at radius 1 is 1.18 bits per heavy atom. The number of benzene rings is 2.